The Morgan fingerprint density at radius 2 is 2.54 bits per heavy atom. The molecular formula is C8H12BrN3O. The molecule has 0 bridgehead atoms. The number of hydrogen-bond donors (Lipinski definition) is 1. The number of rotatable bonds is 4. The number of hydrogen-bond acceptors (Lipinski definition) is 2. The van der Waals surface area contributed by atoms with Crippen LogP contribution in [0.1, 0.15) is 16.9 Å². The topological polar surface area (TPSA) is 46.9 Å². The Labute approximate surface area is 85.4 Å². The summed E-state index contributed by atoms with van der Waals surface area (Å²) in [5.41, 5.74) is 0.470. The summed E-state index contributed by atoms with van der Waals surface area (Å²) in [6, 6.07) is 1.70. The minimum Gasteiger partial charge on any atom is -0.351 e. The number of halogens is 1. The molecule has 0 saturated carbocycles. The van der Waals surface area contributed by atoms with E-state index < -0.39 is 0 Å². The molecule has 0 aliphatic heterocycles. The van der Waals surface area contributed by atoms with Crippen molar-refractivity contribution in [1.29, 1.82) is 0 Å². The highest BCUT2D eigenvalue weighted by Crippen LogP contribution is 1.93. The van der Waals surface area contributed by atoms with Crippen molar-refractivity contribution in [3.8, 4) is 0 Å². The first-order valence-electron chi connectivity index (χ1n) is 4.08. The lowest BCUT2D eigenvalue weighted by molar-refractivity contribution is 0.0948. The van der Waals surface area contributed by atoms with E-state index in [-0.39, 0.29) is 5.91 Å². The van der Waals surface area contributed by atoms with Gasteiger partial charge >= 0.3 is 0 Å². The molecule has 1 aromatic heterocycles. The van der Waals surface area contributed by atoms with Crippen LogP contribution in [0.2, 0.25) is 0 Å². The van der Waals surface area contributed by atoms with Crippen LogP contribution in [0, 0.1) is 0 Å². The van der Waals surface area contributed by atoms with Crippen LogP contribution in [0.25, 0.3) is 0 Å². The van der Waals surface area contributed by atoms with E-state index in [2.05, 4.69) is 26.3 Å². The minimum absolute atomic E-state index is 0.110. The molecule has 0 atom stereocenters. The molecule has 0 aliphatic carbocycles. The Kier molecular flexibility index (Phi) is 3.95. The summed E-state index contributed by atoms with van der Waals surface area (Å²) in [4.78, 5) is 11.3. The van der Waals surface area contributed by atoms with Crippen molar-refractivity contribution in [3.05, 3.63) is 18.0 Å². The number of carbonyl (C=O) groups is 1. The average molecular weight is 246 g/mol. The van der Waals surface area contributed by atoms with Crippen LogP contribution in [-0.4, -0.2) is 27.6 Å². The number of aryl methyl sites for hydroxylation is 1. The summed E-state index contributed by atoms with van der Waals surface area (Å²) < 4.78 is 1.61. The predicted molar refractivity (Wildman–Crippen MR) is 54.0 cm³/mol. The highest BCUT2D eigenvalue weighted by atomic mass is 79.9. The van der Waals surface area contributed by atoms with Crippen LogP contribution >= 0.6 is 15.9 Å². The second kappa shape index (κ2) is 5.01. The largest absolute Gasteiger partial charge is 0.351 e. The number of nitrogens with zero attached hydrogens (tertiary/aromatic N) is 2. The van der Waals surface area contributed by atoms with E-state index >= 15 is 0 Å². The number of alkyl halides is 1. The molecule has 72 valence electrons. The highest BCUT2D eigenvalue weighted by Gasteiger charge is 2.06. The standard InChI is InChI=1S/C8H12BrN3O/c1-12-6-3-7(11-12)8(13)10-5-2-4-9/h3,6H,2,4-5H2,1H3,(H,10,13). The molecule has 0 spiro atoms. The van der Waals surface area contributed by atoms with E-state index in [1.165, 1.54) is 0 Å². The summed E-state index contributed by atoms with van der Waals surface area (Å²) >= 11 is 3.29. The zero-order chi connectivity index (χ0) is 9.68. The Balaban J connectivity index is 2.40. The summed E-state index contributed by atoms with van der Waals surface area (Å²) in [7, 11) is 1.79. The molecule has 1 amide bonds. The molecule has 4 nitrogen and oxygen atoms in total. The van der Waals surface area contributed by atoms with Crippen LogP contribution in [0.3, 0.4) is 0 Å². The smallest absolute Gasteiger partial charge is 0.271 e. The van der Waals surface area contributed by atoms with Crippen molar-refractivity contribution in [1.82, 2.24) is 15.1 Å². The lowest BCUT2D eigenvalue weighted by Crippen LogP contribution is -2.25. The van der Waals surface area contributed by atoms with Crippen LogP contribution in [0.5, 0.6) is 0 Å². The van der Waals surface area contributed by atoms with Gasteiger partial charge in [-0.1, -0.05) is 15.9 Å². The van der Waals surface area contributed by atoms with Crippen molar-refractivity contribution >= 4 is 21.8 Å². The maximum Gasteiger partial charge on any atom is 0.271 e. The molecule has 0 aliphatic rings. The van der Waals surface area contributed by atoms with E-state index in [1.54, 1.807) is 24.0 Å². The Morgan fingerprint density at radius 3 is 3.08 bits per heavy atom. The average Bonchev–Trinajstić information content (AvgIpc) is 2.52. The molecule has 1 heterocycles. The number of aromatic nitrogens is 2. The first-order valence-corrected chi connectivity index (χ1v) is 5.20. The molecular weight excluding hydrogens is 234 g/mol. The van der Waals surface area contributed by atoms with Crippen LogP contribution in [0.4, 0.5) is 0 Å². The molecule has 0 aromatic carbocycles. The summed E-state index contributed by atoms with van der Waals surface area (Å²) in [5.74, 6) is -0.110. The quantitative estimate of drug-likeness (QED) is 0.634. The molecule has 0 unspecified atom stereocenters. The van der Waals surface area contributed by atoms with Crippen molar-refractivity contribution in [3.63, 3.8) is 0 Å². The first-order chi connectivity index (χ1) is 6.24. The lowest BCUT2D eigenvalue weighted by atomic mass is 10.4. The maximum absolute atomic E-state index is 11.3. The van der Waals surface area contributed by atoms with Gasteiger partial charge in [-0.2, -0.15) is 5.10 Å². The number of amides is 1. The van der Waals surface area contributed by atoms with E-state index in [0.29, 0.717) is 12.2 Å². The molecule has 1 rings (SSSR count). The van der Waals surface area contributed by atoms with Crippen molar-refractivity contribution in [2.75, 3.05) is 11.9 Å². The maximum atomic E-state index is 11.3. The van der Waals surface area contributed by atoms with Crippen molar-refractivity contribution in [2.45, 2.75) is 6.42 Å². The second-order valence-electron chi connectivity index (χ2n) is 2.67. The van der Waals surface area contributed by atoms with Gasteiger partial charge in [-0.3, -0.25) is 9.48 Å². The summed E-state index contributed by atoms with van der Waals surface area (Å²) in [5, 5.41) is 7.65. The van der Waals surface area contributed by atoms with E-state index in [9.17, 15) is 4.79 Å². The monoisotopic (exact) mass is 245 g/mol. The normalized spacial score (nSPS) is 10.0. The lowest BCUT2D eigenvalue weighted by Gasteiger charge is -1.99. The fourth-order valence-corrected chi connectivity index (χ4v) is 1.18. The van der Waals surface area contributed by atoms with Gasteiger partial charge in [0, 0.05) is 25.1 Å². The fraction of sp³-hybridized carbons (Fsp3) is 0.500. The Morgan fingerprint density at radius 1 is 1.77 bits per heavy atom. The molecule has 1 aromatic rings. The first kappa shape index (κ1) is 10.2. The third-order valence-corrected chi connectivity index (χ3v) is 2.10. The van der Waals surface area contributed by atoms with Gasteiger partial charge in [0.15, 0.2) is 0 Å². The molecule has 13 heavy (non-hydrogen) atoms. The Hall–Kier alpha value is -0.840. The highest BCUT2D eigenvalue weighted by molar-refractivity contribution is 9.09. The molecule has 1 N–H and O–H groups in total. The van der Waals surface area contributed by atoms with Gasteiger partial charge in [-0.15, -0.1) is 0 Å². The molecule has 0 radical (unpaired) electrons. The number of carbonyl (C=O) groups excluding carboxylic acids is 1. The summed E-state index contributed by atoms with van der Waals surface area (Å²) in [6.45, 7) is 0.681. The van der Waals surface area contributed by atoms with Crippen LogP contribution in [-0.2, 0) is 7.05 Å². The zero-order valence-electron chi connectivity index (χ0n) is 7.46. The van der Waals surface area contributed by atoms with Gasteiger partial charge in [0.25, 0.3) is 5.91 Å². The minimum atomic E-state index is -0.110. The zero-order valence-corrected chi connectivity index (χ0v) is 9.04. The fourth-order valence-electron chi connectivity index (χ4n) is 0.895. The van der Waals surface area contributed by atoms with E-state index in [0.717, 1.165) is 11.8 Å². The number of nitrogens with one attached hydrogen (secondary N) is 1. The van der Waals surface area contributed by atoms with Gasteiger partial charge in [-0.25, -0.2) is 0 Å². The van der Waals surface area contributed by atoms with E-state index in [4.69, 9.17) is 0 Å². The third kappa shape index (κ3) is 3.18. The van der Waals surface area contributed by atoms with E-state index in [1.807, 2.05) is 0 Å². The van der Waals surface area contributed by atoms with Crippen LogP contribution < -0.4 is 5.32 Å². The van der Waals surface area contributed by atoms with Gasteiger partial charge < -0.3 is 5.32 Å². The van der Waals surface area contributed by atoms with Gasteiger partial charge in [0.1, 0.15) is 5.69 Å². The predicted octanol–water partition coefficient (Wildman–Crippen LogP) is 0.935. The third-order valence-electron chi connectivity index (χ3n) is 1.54. The van der Waals surface area contributed by atoms with Crippen LogP contribution in [0.15, 0.2) is 12.3 Å². The van der Waals surface area contributed by atoms with Crippen molar-refractivity contribution in [2.24, 2.45) is 7.05 Å². The second-order valence-corrected chi connectivity index (χ2v) is 3.47. The van der Waals surface area contributed by atoms with Gasteiger partial charge in [0.05, 0.1) is 0 Å². The van der Waals surface area contributed by atoms with Gasteiger partial charge in [-0.05, 0) is 12.5 Å². The molecule has 0 fully saturated rings. The molecule has 5 heteroatoms. The summed E-state index contributed by atoms with van der Waals surface area (Å²) in [6.07, 6.45) is 2.68. The van der Waals surface area contributed by atoms with Crippen molar-refractivity contribution < 1.29 is 4.79 Å². The Bertz CT molecular complexity index is 285. The molecule has 0 saturated heterocycles. The van der Waals surface area contributed by atoms with Gasteiger partial charge in [0.2, 0.25) is 0 Å². The SMILES string of the molecule is Cn1ccc(C(=O)NCCCBr)n1.